The van der Waals surface area contributed by atoms with Crippen molar-refractivity contribution in [2.75, 3.05) is 5.32 Å². The Balaban J connectivity index is 1.82. The number of hydrogen-bond acceptors (Lipinski definition) is 5. The summed E-state index contributed by atoms with van der Waals surface area (Å²) < 4.78 is 5.13. The average molecular weight is 258 g/mol. The van der Waals surface area contributed by atoms with Crippen LogP contribution in [0.15, 0.2) is 29.0 Å². The number of aryl methyl sites for hydroxylation is 1. The molecule has 2 aromatic rings. The standard InChI is InChI=1S/C13H14N4O2/c1-8-6-9(11-17-15-7-19-11)2-3-10(8)16-12(18)13(14)4-5-13/h2-3,6-7H,4-5,14H2,1H3,(H,16,18). The second kappa shape index (κ2) is 4.17. The molecule has 1 fully saturated rings. The van der Waals surface area contributed by atoms with Gasteiger partial charge in [0.15, 0.2) is 0 Å². The summed E-state index contributed by atoms with van der Waals surface area (Å²) in [6, 6.07) is 5.53. The van der Waals surface area contributed by atoms with Gasteiger partial charge in [-0.3, -0.25) is 4.79 Å². The second-order valence-electron chi connectivity index (χ2n) is 4.88. The van der Waals surface area contributed by atoms with Crippen LogP contribution in [0.1, 0.15) is 18.4 Å². The minimum Gasteiger partial charge on any atom is -0.423 e. The second-order valence-corrected chi connectivity index (χ2v) is 4.88. The number of amides is 1. The quantitative estimate of drug-likeness (QED) is 0.869. The van der Waals surface area contributed by atoms with Crippen LogP contribution in [0.4, 0.5) is 5.69 Å². The van der Waals surface area contributed by atoms with Gasteiger partial charge in [-0.15, -0.1) is 10.2 Å². The highest BCUT2D eigenvalue weighted by atomic mass is 16.4. The lowest BCUT2D eigenvalue weighted by Gasteiger charge is -2.12. The van der Waals surface area contributed by atoms with Crippen molar-refractivity contribution in [1.82, 2.24) is 10.2 Å². The van der Waals surface area contributed by atoms with Crippen molar-refractivity contribution in [3.05, 3.63) is 30.2 Å². The molecular formula is C13H14N4O2. The van der Waals surface area contributed by atoms with E-state index in [2.05, 4.69) is 15.5 Å². The Morgan fingerprint density at radius 2 is 2.26 bits per heavy atom. The summed E-state index contributed by atoms with van der Waals surface area (Å²) in [6.07, 6.45) is 2.78. The molecule has 6 nitrogen and oxygen atoms in total. The van der Waals surface area contributed by atoms with Crippen LogP contribution < -0.4 is 11.1 Å². The zero-order valence-electron chi connectivity index (χ0n) is 10.5. The van der Waals surface area contributed by atoms with Gasteiger partial charge in [-0.05, 0) is 43.5 Å². The lowest BCUT2D eigenvalue weighted by atomic mass is 10.1. The van der Waals surface area contributed by atoms with E-state index in [-0.39, 0.29) is 5.91 Å². The highest BCUT2D eigenvalue weighted by molar-refractivity contribution is 6.00. The molecule has 1 aromatic heterocycles. The van der Waals surface area contributed by atoms with Gasteiger partial charge in [0.05, 0.1) is 5.54 Å². The van der Waals surface area contributed by atoms with Crippen LogP contribution in [0.2, 0.25) is 0 Å². The van der Waals surface area contributed by atoms with Crippen LogP contribution in [-0.4, -0.2) is 21.6 Å². The molecule has 98 valence electrons. The van der Waals surface area contributed by atoms with E-state index in [1.807, 2.05) is 25.1 Å². The molecule has 0 atom stereocenters. The van der Waals surface area contributed by atoms with Crippen LogP contribution >= 0.6 is 0 Å². The van der Waals surface area contributed by atoms with Gasteiger partial charge in [-0.25, -0.2) is 0 Å². The Morgan fingerprint density at radius 3 is 2.84 bits per heavy atom. The Kier molecular flexibility index (Phi) is 2.60. The lowest BCUT2D eigenvalue weighted by molar-refractivity contribution is -0.118. The molecule has 0 saturated heterocycles. The van der Waals surface area contributed by atoms with E-state index in [1.165, 1.54) is 6.39 Å². The number of rotatable bonds is 3. The van der Waals surface area contributed by atoms with Gasteiger partial charge in [-0.2, -0.15) is 0 Å². The van der Waals surface area contributed by atoms with Gasteiger partial charge in [0.25, 0.3) is 0 Å². The molecule has 1 aliphatic rings. The number of nitrogens with two attached hydrogens (primary N) is 1. The van der Waals surface area contributed by atoms with Gasteiger partial charge in [0, 0.05) is 11.3 Å². The molecular weight excluding hydrogens is 244 g/mol. The third kappa shape index (κ3) is 2.22. The predicted molar refractivity (Wildman–Crippen MR) is 69.3 cm³/mol. The summed E-state index contributed by atoms with van der Waals surface area (Å²) in [5, 5.41) is 10.3. The SMILES string of the molecule is Cc1cc(-c2nnco2)ccc1NC(=O)C1(N)CC1. The number of carbonyl (C=O) groups excluding carboxylic acids is 1. The Bertz CT molecular complexity index is 618. The molecule has 3 rings (SSSR count). The van der Waals surface area contributed by atoms with Crippen molar-refractivity contribution >= 4 is 11.6 Å². The molecule has 1 aliphatic carbocycles. The van der Waals surface area contributed by atoms with E-state index in [4.69, 9.17) is 10.2 Å². The zero-order chi connectivity index (χ0) is 13.5. The molecule has 1 aromatic carbocycles. The lowest BCUT2D eigenvalue weighted by Crippen LogP contribution is -2.37. The molecule has 19 heavy (non-hydrogen) atoms. The molecule has 0 bridgehead atoms. The predicted octanol–water partition coefficient (Wildman–Crippen LogP) is 1.47. The van der Waals surface area contributed by atoms with Crippen LogP contribution in [0.25, 0.3) is 11.5 Å². The summed E-state index contributed by atoms with van der Waals surface area (Å²) in [4.78, 5) is 11.9. The van der Waals surface area contributed by atoms with Crippen LogP contribution in [0, 0.1) is 6.92 Å². The van der Waals surface area contributed by atoms with E-state index in [9.17, 15) is 4.79 Å². The average Bonchev–Trinajstić information content (AvgIpc) is 2.94. The van der Waals surface area contributed by atoms with Gasteiger partial charge in [0.2, 0.25) is 18.2 Å². The molecule has 0 radical (unpaired) electrons. The Morgan fingerprint density at radius 1 is 1.47 bits per heavy atom. The first-order valence-electron chi connectivity index (χ1n) is 6.06. The number of hydrogen-bond donors (Lipinski definition) is 2. The fourth-order valence-corrected chi connectivity index (χ4v) is 1.84. The summed E-state index contributed by atoms with van der Waals surface area (Å²) in [6.45, 7) is 1.91. The number of aromatic nitrogens is 2. The first-order valence-corrected chi connectivity index (χ1v) is 6.06. The molecule has 0 spiro atoms. The van der Waals surface area contributed by atoms with Gasteiger partial charge >= 0.3 is 0 Å². The van der Waals surface area contributed by atoms with Gasteiger partial charge in [0.1, 0.15) is 0 Å². The fourth-order valence-electron chi connectivity index (χ4n) is 1.84. The molecule has 0 unspecified atom stereocenters. The summed E-state index contributed by atoms with van der Waals surface area (Å²) >= 11 is 0. The Labute approximate surface area is 110 Å². The first kappa shape index (κ1) is 11.9. The van der Waals surface area contributed by atoms with E-state index in [0.717, 1.165) is 29.7 Å². The zero-order valence-corrected chi connectivity index (χ0v) is 10.5. The first-order chi connectivity index (χ1) is 9.08. The largest absolute Gasteiger partial charge is 0.423 e. The number of benzene rings is 1. The maximum atomic E-state index is 11.9. The van der Waals surface area contributed by atoms with Crippen molar-refractivity contribution in [1.29, 1.82) is 0 Å². The Hall–Kier alpha value is -2.21. The van der Waals surface area contributed by atoms with Crippen molar-refractivity contribution in [2.45, 2.75) is 25.3 Å². The highest BCUT2D eigenvalue weighted by Gasteiger charge is 2.46. The van der Waals surface area contributed by atoms with E-state index >= 15 is 0 Å². The molecule has 1 saturated carbocycles. The topological polar surface area (TPSA) is 94.0 Å². The normalized spacial score (nSPS) is 16.1. The van der Waals surface area contributed by atoms with Crippen molar-refractivity contribution in [3.8, 4) is 11.5 Å². The third-order valence-electron chi connectivity index (χ3n) is 3.32. The molecule has 1 heterocycles. The molecule has 3 N–H and O–H groups in total. The molecule has 1 amide bonds. The van der Waals surface area contributed by atoms with Crippen molar-refractivity contribution in [2.24, 2.45) is 5.73 Å². The number of nitrogens with one attached hydrogen (secondary N) is 1. The fraction of sp³-hybridized carbons (Fsp3) is 0.308. The molecule has 0 aliphatic heterocycles. The van der Waals surface area contributed by atoms with Crippen molar-refractivity contribution < 1.29 is 9.21 Å². The van der Waals surface area contributed by atoms with Crippen LogP contribution in [-0.2, 0) is 4.79 Å². The smallest absolute Gasteiger partial charge is 0.247 e. The van der Waals surface area contributed by atoms with Crippen LogP contribution in [0.3, 0.4) is 0 Å². The van der Waals surface area contributed by atoms with E-state index < -0.39 is 5.54 Å². The van der Waals surface area contributed by atoms with E-state index in [0.29, 0.717) is 5.89 Å². The number of anilines is 1. The number of carbonyl (C=O) groups is 1. The van der Waals surface area contributed by atoms with Crippen molar-refractivity contribution in [3.63, 3.8) is 0 Å². The highest BCUT2D eigenvalue weighted by Crippen LogP contribution is 2.34. The summed E-state index contributed by atoms with van der Waals surface area (Å²) in [5.41, 5.74) is 7.68. The van der Waals surface area contributed by atoms with Crippen LogP contribution in [0.5, 0.6) is 0 Å². The number of nitrogens with zero attached hydrogens (tertiary/aromatic N) is 2. The monoisotopic (exact) mass is 258 g/mol. The van der Waals surface area contributed by atoms with Gasteiger partial charge < -0.3 is 15.5 Å². The minimum absolute atomic E-state index is 0.124. The van der Waals surface area contributed by atoms with E-state index in [1.54, 1.807) is 0 Å². The maximum Gasteiger partial charge on any atom is 0.247 e. The summed E-state index contributed by atoms with van der Waals surface area (Å²) in [5.74, 6) is 0.333. The minimum atomic E-state index is -0.669. The maximum absolute atomic E-state index is 11.9. The van der Waals surface area contributed by atoms with Gasteiger partial charge in [-0.1, -0.05) is 0 Å². The third-order valence-corrected chi connectivity index (χ3v) is 3.32. The summed E-state index contributed by atoms with van der Waals surface area (Å²) in [7, 11) is 0. The molecule has 6 heteroatoms.